The summed E-state index contributed by atoms with van der Waals surface area (Å²) in [5, 5.41) is 2.90. The van der Waals surface area contributed by atoms with Crippen LogP contribution in [0.4, 0.5) is 0 Å². The van der Waals surface area contributed by atoms with Crippen molar-refractivity contribution in [1.82, 2.24) is 5.32 Å². The Hall–Kier alpha value is -0.230. The molecule has 0 aliphatic carbocycles. The molecule has 0 radical (unpaired) electrons. The van der Waals surface area contributed by atoms with Crippen molar-refractivity contribution >= 4 is 7.14 Å². The molecule has 0 amide bonds. The number of hydrogen-bond donors (Lipinski definition) is 1. The van der Waals surface area contributed by atoms with Gasteiger partial charge in [0.2, 0.25) is 0 Å². The van der Waals surface area contributed by atoms with E-state index in [1.54, 1.807) is 19.5 Å². The second kappa shape index (κ2) is 3.73. The van der Waals surface area contributed by atoms with Crippen LogP contribution in [-0.4, -0.2) is 26.0 Å². The third kappa shape index (κ3) is 7.77. The van der Waals surface area contributed by atoms with E-state index in [2.05, 4.69) is 11.9 Å². The molecule has 0 aromatic carbocycles. The van der Waals surface area contributed by atoms with Crippen molar-refractivity contribution in [3.05, 3.63) is 12.8 Å². The molecule has 0 aliphatic heterocycles. The van der Waals surface area contributed by atoms with E-state index in [4.69, 9.17) is 0 Å². The molecule has 0 atom stereocenters. The van der Waals surface area contributed by atoms with Gasteiger partial charge in [-0.05, 0) is 19.5 Å². The van der Waals surface area contributed by atoms with Crippen LogP contribution in [0.2, 0.25) is 0 Å². The summed E-state index contributed by atoms with van der Waals surface area (Å²) in [6, 6.07) is 0. The van der Waals surface area contributed by atoms with Gasteiger partial charge in [0.25, 0.3) is 0 Å². The molecule has 0 bridgehead atoms. The van der Waals surface area contributed by atoms with E-state index in [9.17, 15) is 4.57 Å². The smallest absolute Gasteiger partial charge is 0.0836 e. The summed E-state index contributed by atoms with van der Waals surface area (Å²) in [5.74, 6) is 0. The Kier molecular flexibility index (Phi) is 3.64. The molecule has 1 N–H and O–H groups in total. The maximum atomic E-state index is 11.0. The monoisotopic (exact) mass is 147 g/mol. The van der Waals surface area contributed by atoms with E-state index in [1.807, 2.05) is 0 Å². The Morgan fingerprint density at radius 1 is 1.67 bits per heavy atom. The minimum atomic E-state index is -1.81. The molecule has 0 aromatic rings. The number of nitrogens with one attached hydrogen (secondary N) is 1. The molecule has 3 heteroatoms. The Balaban J connectivity index is 3.28. The molecule has 0 fully saturated rings. The minimum absolute atomic E-state index is 0.749. The average Bonchev–Trinajstić information content (AvgIpc) is 1.63. The fourth-order valence-electron chi connectivity index (χ4n) is 0.436. The summed E-state index contributed by atoms with van der Waals surface area (Å²) >= 11 is 0. The third-order valence-corrected chi connectivity index (χ3v) is 2.24. The predicted molar refractivity (Wildman–Crippen MR) is 42.5 cm³/mol. The Labute approximate surface area is 56.7 Å². The van der Waals surface area contributed by atoms with Crippen molar-refractivity contribution in [3.8, 4) is 0 Å². The van der Waals surface area contributed by atoms with Crippen LogP contribution in [0.15, 0.2) is 12.8 Å². The maximum absolute atomic E-state index is 11.0. The van der Waals surface area contributed by atoms with Gasteiger partial charge in [-0.2, -0.15) is 0 Å². The largest absolute Gasteiger partial charge is 0.391 e. The van der Waals surface area contributed by atoms with Crippen molar-refractivity contribution in [3.63, 3.8) is 0 Å². The van der Waals surface area contributed by atoms with Crippen LogP contribution in [0, 0.1) is 0 Å². The zero-order chi connectivity index (χ0) is 7.33. The fourth-order valence-corrected chi connectivity index (χ4v) is 1.10. The van der Waals surface area contributed by atoms with Gasteiger partial charge in [-0.25, -0.2) is 0 Å². The Morgan fingerprint density at radius 2 is 2.22 bits per heavy atom. The molecular weight excluding hydrogens is 133 g/mol. The van der Waals surface area contributed by atoms with Crippen molar-refractivity contribution in [2.45, 2.75) is 0 Å². The van der Waals surface area contributed by atoms with Crippen LogP contribution in [0.5, 0.6) is 0 Å². The summed E-state index contributed by atoms with van der Waals surface area (Å²) in [6.45, 7) is 7.83. The lowest BCUT2D eigenvalue weighted by molar-refractivity contribution is 0.581. The van der Waals surface area contributed by atoms with Gasteiger partial charge in [-0.1, -0.05) is 6.58 Å². The fraction of sp³-hybridized carbons (Fsp3) is 0.667. The average molecular weight is 147 g/mol. The summed E-state index contributed by atoms with van der Waals surface area (Å²) in [7, 11) is -1.81. The van der Waals surface area contributed by atoms with Gasteiger partial charge in [-0.3, -0.25) is 0 Å². The maximum Gasteiger partial charge on any atom is 0.0836 e. The van der Waals surface area contributed by atoms with Gasteiger partial charge in [-0.15, -0.1) is 0 Å². The van der Waals surface area contributed by atoms with E-state index in [-0.39, 0.29) is 0 Å². The first kappa shape index (κ1) is 8.77. The summed E-state index contributed by atoms with van der Waals surface area (Å²) < 4.78 is 11.0. The standard InChI is InChI=1S/C6H14NOP/c1-4-7-5-6-9(2,3)8/h4,7H,1,5-6H2,2-3H3. The van der Waals surface area contributed by atoms with Crippen LogP contribution in [0.25, 0.3) is 0 Å². The summed E-state index contributed by atoms with van der Waals surface area (Å²) in [6.07, 6.45) is 2.37. The molecule has 0 unspecified atom stereocenters. The van der Waals surface area contributed by atoms with Gasteiger partial charge in [0.1, 0.15) is 0 Å². The van der Waals surface area contributed by atoms with Crippen molar-refractivity contribution in [2.75, 3.05) is 26.0 Å². The number of rotatable bonds is 4. The molecule has 0 saturated carbocycles. The number of hydrogen-bond acceptors (Lipinski definition) is 2. The molecule has 0 spiro atoms. The second-order valence-corrected chi connectivity index (χ2v) is 6.05. The van der Waals surface area contributed by atoms with E-state index in [1.165, 1.54) is 0 Å². The zero-order valence-corrected chi connectivity index (χ0v) is 6.95. The zero-order valence-electron chi connectivity index (χ0n) is 6.05. The highest BCUT2D eigenvalue weighted by Gasteiger charge is 2.03. The van der Waals surface area contributed by atoms with Gasteiger partial charge in [0.15, 0.2) is 0 Å². The minimum Gasteiger partial charge on any atom is -0.391 e. The quantitative estimate of drug-likeness (QED) is 0.480. The van der Waals surface area contributed by atoms with Crippen molar-refractivity contribution in [2.24, 2.45) is 0 Å². The van der Waals surface area contributed by atoms with Crippen molar-refractivity contribution < 1.29 is 4.57 Å². The molecule has 0 saturated heterocycles. The topological polar surface area (TPSA) is 29.1 Å². The highest BCUT2D eigenvalue weighted by Crippen LogP contribution is 2.34. The van der Waals surface area contributed by atoms with Crippen molar-refractivity contribution in [1.29, 1.82) is 0 Å². The van der Waals surface area contributed by atoms with E-state index in [0.717, 1.165) is 12.7 Å². The second-order valence-electron chi connectivity index (χ2n) is 2.46. The summed E-state index contributed by atoms with van der Waals surface area (Å²) in [4.78, 5) is 0. The first-order valence-corrected chi connectivity index (χ1v) is 5.73. The molecule has 0 heterocycles. The molecule has 54 valence electrons. The molecule has 0 aromatic heterocycles. The summed E-state index contributed by atoms with van der Waals surface area (Å²) in [5.41, 5.74) is 0. The van der Waals surface area contributed by atoms with E-state index < -0.39 is 7.14 Å². The molecule has 2 nitrogen and oxygen atoms in total. The van der Waals surface area contributed by atoms with Gasteiger partial charge >= 0.3 is 0 Å². The van der Waals surface area contributed by atoms with Crippen LogP contribution in [-0.2, 0) is 4.57 Å². The third-order valence-electron chi connectivity index (χ3n) is 0.939. The molecule has 0 aliphatic rings. The molecule has 9 heavy (non-hydrogen) atoms. The normalized spacial score (nSPS) is 10.9. The highest BCUT2D eigenvalue weighted by molar-refractivity contribution is 7.62. The molecular formula is C6H14NOP. The Morgan fingerprint density at radius 3 is 2.56 bits per heavy atom. The van der Waals surface area contributed by atoms with Crippen LogP contribution in [0.3, 0.4) is 0 Å². The SMILES string of the molecule is C=CNCCP(C)(C)=O. The molecule has 0 rings (SSSR count). The lowest BCUT2D eigenvalue weighted by atomic mass is 10.7. The van der Waals surface area contributed by atoms with Gasteiger partial charge in [0, 0.05) is 12.7 Å². The van der Waals surface area contributed by atoms with Crippen LogP contribution in [0.1, 0.15) is 0 Å². The lowest BCUT2D eigenvalue weighted by Gasteiger charge is -2.04. The predicted octanol–water partition coefficient (Wildman–Crippen LogP) is 1.34. The van der Waals surface area contributed by atoms with E-state index >= 15 is 0 Å². The Bertz CT molecular complexity index is 127. The van der Waals surface area contributed by atoms with Gasteiger partial charge in [0.05, 0.1) is 7.14 Å². The first-order valence-electron chi connectivity index (χ1n) is 2.94. The van der Waals surface area contributed by atoms with Crippen LogP contribution < -0.4 is 5.32 Å². The highest BCUT2D eigenvalue weighted by atomic mass is 31.2. The lowest BCUT2D eigenvalue weighted by Crippen LogP contribution is -2.10. The van der Waals surface area contributed by atoms with Gasteiger partial charge < -0.3 is 9.88 Å². The first-order chi connectivity index (χ1) is 4.06. The van der Waals surface area contributed by atoms with E-state index in [0.29, 0.717) is 0 Å². The van der Waals surface area contributed by atoms with Crippen LogP contribution >= 0.6 is 7.14 Å².